The lowest BCUT2D eigenvalue weighted by atomic mass is 9.87. The normalized spacial score (nSPS) is 22.9. The third-order valence-electron chi connectivity index (χ3n) is 5.05. The van der Waals surface area contributed by atoms with E-state index in [2.05, 4.69) is 5.32 Å². The van der Waals surface area contributed by atoms with Gasteiger partial charge in [0.25, 0.3) is 5.91 Å². The van der Waals surface area contributed by atoms with Gasteiger partial charge in [0, 0.05) is 22.6 Å². The molecule has 1 saturated carbocycles. The van der Waals surface area contributed by atoms with Crippen LogP contribution in [0.5, 0.6) is 0 Å². The molecule has 2 atom stereocenters. The van der Waals surface area contributed by atoms with Crippen LogP contribution in [0.3, 0.4) is 0 Å². The van der Waals surface area contributed by atoms with E-state index in [1.165, 1.54) is 24.3 Å². The molecule has 1 amide bonds. The summed E-state index contributed by atoms with van der Waals surface area (Å²) in [6.07, 6.45) is 0.250. The van der Waals surface area contributed by atoms with Crippen molar-refractivity contribution in [2.24, 2.45) is 0 Å². The number of anilines is 1. The van der Waals surface area contributed by atoms with Crippen molar-refractivity contribution in [3.8, 4) is 0 Å². The van der Waals surface area contributed by atoms with Crippen LogP contribution in [0, 0.1) is 5.82 Å². The van der Waals surface area contributed by atoms with Gasteiger partial charge in [0.15, 0.2) is 5.60 Å². The molecule has 1 unspecified atom stereocenters. The molecule has 26 heavy (non-hydrogen) atoms. The maximum Gasteiger partial charge on any atom is 0.261 e. The zero-order chi connectivity index (χ0) is 18.6. The van der Waals surface area contributed by atoms with Crippen LogP contribution in [0.15, 0.2) is 30.3 Å². The maximum absolute atomic E-state index is 14.4. The Bertz CT molecular complexity index is 916. The van der Waals surface area contributed by atoms with Gasteiger partial charge < -0.3 is 15.5 Å². The standard InChI is InChI=1S/C19H16Cl2FNO3/c20-12-5-6-13(21)17-16(12)19(26,18(25)23-17)8-15(24)11-4-3-10(7-14(11)22)9-1-2-9/h3-7,9,15,24,26H,1-2,8H2,(H,23,25)/t15?,19-/m1/s1. The van der Waals surface area contributed by atoms with Crippen LogP contribution in [-0.4, -0.2) is 16.1 Å². The van der Waals surface area contributed by atoms with Crippen molar-refractivity contribution < 1.29 is 19.4 Å². The molecule has 0 aromatic heterocycles. The Morgan fingerprint density at radius 2 is 1.92 bits per heavy atom. The Kier molecular flexibility index (Phi) is 4.23. The molecule has 2 aliphatic rings. The van der Waals surface area contributed by atoms with Crippen molar-refractivity contribution in [3.05, 3.63) is 62.9 Å². The maximum atomic E-state index is 14.4. The first-order chi connectivity index (χ1) is 12.3. The van der Waals surface area contributed by atoms with E-state index in [1.54, 1.807) is 6.07 Å². The van der Waals surface area contributed by atoms with Crippen LogP contribution in [0.25, 0.3) is 0 Å². The van der Waals surface area contributed by atoms with E-state index >= 15 is 0 Å². The number of carbonyl (C=O) groups excluding carboxylic acids is 1. The zero-order valence-corrected chi connectivity index (χ0v) is 15.1. The summed E-state index contributed by atoms with van der Waals surface area (Å²) in [7, 11) is 0. The number of benzene rings is 2. The molecule has 4 nitrogen and oxygen atoms in total. The average molecular weight is 396 g/mol. The van der Waals surface area contributed by atoms with Crippen LogP contribution in [-0.2, 0) is 10.4 Å². The van der Waals surface area contributed by atoms with E-state index in [-0.39, 0.29) is 26.9 Å². The summed E-state index contributed by atoms with van der Waals surface area (Å²) < 4.78 is 14.4. The number of fused-ring (bicyclic) bond motifs is 1. The van der Waals surface area contributed by atoms with E-state index in [9.17, 15) is 19.4 Å². The van der Waals surface area contributed by atoms with Gasteiger partial charge in [0.2, 0.25) is 0 Å². The van der Waals surface area contributed by atoms with Gasteiger partial charge in [-0.1, -0.05) is 35.3 Å². The number of halogens is 3. The molecular formula is C19H16Cl2FNO3. The molecule has 1 aliphatic carbocycles. The first kappa shape index (κ1) is 17.7. The third kappa shape index (κ3) is 2.79. The molecular weight excluding hydrogens is 380 g/mol. The molecule has 0 spiro atoms. The van der Waals surface area contributed by atoms with Crippen LogP contribution in [0.2, 0.25) is 10.0 Å². The summed E-state index contributed by atoms with van der Waals surface area (Å²) in [5.74, 6) is -0.925. The molecule has 2 aromatic carbocycles. The fourth-order valence-electron chi connectivity index (χ4n) is 3.48. The molecule has 1 aliphatic heterocycles. The summed E-state index contributed by atoms with van der Waals surface area (Å²) in [5, 5.41) is 24.3. The van der Waals surface area contributed by atoms with Gasteiger partial charge in [0.1, 0.15) is 5.82 Å². The van der Waals surface area contributed by atoms with E-state index in [0.717, 1.165) is 18.4 Å². The second kappa shape index (κ2) is 6.20. The van der Waals surface area contributed by atoms with E-state index in [4.69, 9.17) is 23.2 Å². The molecule has 1 fully saturated rings. The number of rotatable bonds is 4. The minimum absolute atomic E-state index is 0.0298. The van der Waals surface area contributed by atoms with Gasteiger partial charge in [-0.2, -0.15) is 0 Å². The lowest BCUT2D eigenvalue weighted by molar-refractivity contribution is -0.137. The molecule has 0 radical (unpaired) electrons. The Labute approximate surface area is 159 Å². The summed E-state index contributed by atoms with van der Waals surface area (Å²) >= 11 is 12.2. The fraction of sp³-hybridized carbons (Fsp3) is 0.316. The van der Waals surface area contributed by atoms with Crippen LogP contribution < -0.4 is 5.32 Å². The monoisotopic (exact) mass is 395 g/mol. The van der Waals surface area contributed by atoms with E-state index in [1.807, 2.05) is 0 Å². The van der Waals surface area contributed by atoms with Crippen molar-refractivity contribution in [1.29, 1.82) is 0 Å². The first-order valence-corrected chi connectivity index (χ1v) is 9.06. The van der Waals surface area contributed by atoms with Gasteiger partial charge in [-0.25, -0.2) is 4.39 Å². The van der Waals surface area contributed by atoms with Gasteiger partial charge in [-0.3, -0.25) is 4.79 Å². The van der Waals surface area contributed by atoms with Crippen LogP contribution >= 0.6 is 23.2 Å². The Balaban J connectivity index is 1.67. The lowest BCUT2D eigenvalue weighted by Gasteiger charge is -2.25. The highest BCUT2D eigenvalue weighted by Gasteiger charge is 2.49. The summed E-state index contributed by atoms with van der Waals surface area (Å²) in [6, 6.07) is 7.65. The van der Waals surface area contributed by atoms with Crippen LogP contribution in [0.1, 0.15) is 48.0 Å². The molecule has 0 saturated heterocycles. The number of carbonyl (C=O) groups is 1. The Morgan fingerprint density at radius 3 is 2.58 bits per heavy atom. The Hall–Kier alpha value is -1.66. The number of aliphatic hydroxyl groups is 2. The largest absolute Gasteiger partial charge is 0.388 e. The number of amides is 1. The molecule has 3 N–H and O–H groups in total. The average Bonchev–Trinajstić information content (AvgIpc) is 3.39. The number of nitrogens with one attached hydrogen (secondary N) is 1. The summed E-state index contributed by atoms with van der Waals surface area (Å²) in [6.45, 7) is 0. The van der Waals surface area contributed by atoms with Crippen molar-refractivity contribution in [2.75, 3.05) is 5.32 Å². The number of aliphatic hydroxyl groups excluding tert-OH is 1. The van der Waals surface area contributed by atoms with Crippen molar-refractivity contribution >= 4 is 34.8 Å². The molecule has 0 bridgehead atoms. The topological polar surface area (TPSA) is 69.6 Å². The van der Waals surface area contributed by atoms with Gasteiger partial charge in [0.05, 0.1) is 16.8 Å². The smallest absolute Gasteiger partial charge is 0.261 e. The van der Waals surface area contributed by atoms with Crippen molar-refractivity contribution in [2.45, 2.75) is 36.9 Å². The van der Waals surface area contributed by atoms with Gasteiger partial charge in [-0.15, -0.1) is 0 Å². The predicted octanol–water partition coefficient (Wildman–Crippen LogP) is 4.27. The molecule has 2 aromatic rings. The quantitative estimate of drug-likeness (QED) is 0.723. The third-order valence-corrected chi connectivity index (χ3v) is 5.68. The molecule has 136 valence electrons. The minimum atomic E-state index is -2.10. The SMILES string of the molecule is O=C1Nc2c(Cl)ccc(Cl)c2[C@]1(O)CC(O)c1ccc(C2CC2)cc1F. The predicted molar refractivity (Wildman–Crippen MR) is 96.9 cm³/mol. The molecule has 1 heterocycles. The second-order valence-electron chi connectivity index (χ2n) is 6.87. The fourth-order valence-corrected chi connectivity index (χ4v) is 4.00. The van der Waals surface area contributed by atoms with Crippen molar-refractivity contribution in [1.82, 2.24) is 0 Å². The lowest BCUT2D eigenvalue weighted by Crippen LogP contribution is -2.36. The second-order valence-corrected chi connectivity index (χ2v) is 7.68. The van der Waals surface area contributed by atoms with Gasteiger partial charge in [-0.05, 0) is 42.5 Å². The zero-order valence-electron chi connectivity index (χ0n) is 13.6. The van der Waals surface area contributed by atoms with Crippen molar-refractivity contribution in [3.63, 3.8) is 0 Å². The summed E-state index contributed by atoms with van der Waals surface area (Å²) in [4.78, 5) is 12.4. The highest BCUT2D eigenvalue weighted by molar-refractivity contribution is 6.38. The van der Waals surface area contributed by atoms with Crippen LogP contribution in [0.4, 0.5) is 10.1 Å². The highest BCUT2D eigenvalue weighted by atomic mass is 35.5. The van der Waals surface area contributed by atoms with E-state index in [0.29, 0.717) is 5.92 Å². The summed E-state index contributed by atoms with van der Waals surface area (Å²) in [5.41, 5.74) is -0.856. The molecule has 7 heteroatoms. The number of hydrogen-bond donors (Lipinski definition) is 3. The number of hydrogen-bond acceptors (Lipinski definition) is 3. The minimum Gasteiger partial charge on any atom is -0.388 e. The van der Waals surface area contributed by atoms with E-state index < -0.39 is 29.9 Å². The van der Waals surface area contributed by atoms with Gasteiger partial charge >= 0.3 is 0 Å². The Morgan fingerprint density at radius 1 is 1.23 bits per heavy atom. The molecule has 4 rings (SSSR count). The first-order valence-electron chi connectivity index (χ1n) is 8.31. The highest BCUT2D eigenvalue weighted by Crippen LogP contribution is 2.48.